The van der Waals surface area contributed by atoms with Crippen molar-refractivity contribution in [1.82, 2.24) is 0 Å². The first kappa shape index (κ1) is 28.5. The van der Waals surface area contributed by atoms with Gasteiger partial charge in [-0.1, -0.05) is 43.7 Å². The second kappa shape index (κ2) is 12.2. The van der Waals surface area contributed by atoms with Gasteiger partial charge in [-0.3, -0.25) is 9.59 Å². The number of unbranched alkanes of at least 4 members (excludes halogenated alkanes) is 1. The molecule has 0 aliphatic rings. The van der Waals surface area contributed by atoms with Crippen LogP contribution in [0.5, 0.6) is 17.2 Å². The Morgan fingerprint density at radius 1 is 0.929 bits per heavy atom. The number of aromatic carboxylic acids is 1. The van der Waals surface area contributed by atoms with Crippen LogP contribution in [0.1, 0.15) is 48.1 Å². The maximum atomic E-state index is 13.2. The zero-order valence-electron chi connectivity index (χ0n) is 23.3. The first-order valence-electron chi connectivity index (χ1n) is 13.7. The number of aryl methyl sites for hydroxylation is 2. The molecule has 42 heavy (non-hydrogen) atoms. The Kier molecular flexibility index (Phi) is 8.28. The third-order valence-electron chi connectivity index (χ3n) is 6.92. The fourth-order valence-corrected chi connectivity index (χ4v) is 4.97. The van der Waals surface area contributed by atoms with E-state index in [-0.39, 0.29) is 27.7 Å². The zero-order chi connectivity index (χ0) is 29.8. The maximum absolute atomic E-state index is 13.2. The highest BCUT2D eigenvalue weighted by Crippen LogP contribution is 2.32. The van der Waals surface area contributed by atoms with Crippen LogP contribution in [0.4, 0.5) is 0 Å². The number of rotatable bonds is 11. The summed E-state index contributed by atoms with van der Waals surface area (Å²) in [6, 6.07) is 16.4. The van der Waals surface area contributed by atoms with Gasteiger partial charge in [0.1, 0.15) is 39.6 Å². The number of fused-ring (bicyclic) bond motifs is 2. The molecule has 0 atom stereocenters. The number of carboxylic acid groups (broad SMARTS) is 1. The molecule has 5 aromatic rings. The normalized spacial score (nSPS) is 11.2. The molecule has 216 valence electrons. The summed E-state index contributed by atoms with van der Waals surface area (Å²) in [7, 11) is 0. The van der Waals surface area contributed by atoms with Crippen molar-refractivity contribution < 1.29 is 33.3 Å². The summed E-state index contributed by atoms with van der Waals surface area (Å²) in [5.74, 6) is -0.575. The van der Waals surface area contributed by atoms with Crippen LogP contribution in [0.25, 0.3) is 33.1 Å². The van der Waals surface area contributed by atoms with Crippen molar-refractivity contribution in [2.75, 3.05) is 13.2 Å². The van der Waals surface area contributed by atoms with E-state index in [1.54, 1.807) is 25.1 Å². The van der Waals surface area contributed by atoms with Crippen molar-refractivity contribution in [2.24, 2.45) is 0 Å². The molecule has 0 radical (unpaired) electrons. The van der Waals surface area contributed by atoms with Crippen LogP contribution in [0.3, 0.4) is 0 Å². The number of ether oxygens (including phenoxy) is 2. The third kappa shape index (κ3) is 5.72. The average molecular weight is 571 g/mol. The van der Waals surface area contributed by atoms with Crippen LogP contribution in [0, 0.1) is 6.92 Å². The number of carbonyl (C=O) groups is 1. The first-order chi connectivity index (χ1) is 20.3. The first-order valence-corrected chi connectivity index (χ1v) is 13.7. The number of benzene rings is 3. The molecule has 0 spiro atoms. The van der Waals surface area contributed by atoms with Crippen LogP contribution in [-0.2, 0) is 6.42 Å². The molecule has 0 amide bonds. The summed E-state index contributed by atoms with van der Waals surface area (Å²) in [6.07, 6.45) is 2.56. The van der Waals surface area contributed by atoms with Crippen LogP contribution >= 0.6 is 0 Å². The van der Waals surface area contributed by atoms with Gasteiger partial charge in [0.2, 0.25) is 11.2 Å². The molecule has 2 aromatic heterocycles. The SMILES string of the molecule is CCCc1c(OCCCCOc2cc(O)c3c(=O)c(-c4ccccc4)c(C)oc3c2)ccc2c(=O)cc(C(=O)O)oc12. The van der Waals surface area contributed by atoms with Crippen molar-refractivity contribution >= 4 is 27.9 Å². The highest BCUT2D eigenvalue weighted by atomic mass is 16.5. The Labute approximate surface area is 240 Å². The Morgan fingerprint density at radius 2 is 1.67 bits per heavy atom. The topological polar surface area (TPSA) is 136 Å². The number of aromatic hydroxyl groups is 1. The summed E-state index contributed by atoms with van der Waals surface area (Å²) in [5.41, 5.74) is 1.53. The van der Waals surface area contributed by atoms with Gasteiger partial charge < -0.3 is 28.5 Å². The molecule has 0 fully saturated rings. The van der Waals surface area contributed by atoms with Crippen molar-refractivity contribution in [3.8, 4) is 28.4 Å². The minimum atomic E-state index is -1.31. The second-order valence-corrected chi connectivity index (χ2v) is 9.90. The standard InChI is InChI=1S/C33H30O9/c1-3-9-23-26(13-12-22-24(34)18-28(33(37)38)42-32(22)23)40-15-8-7-14-39-21-16-25(35)30-27(17-21)41-19(2)29(31(30)36)20-10-5-4-6-11-20/h4-6,10-13,16-18,35H,3,7-9,14-15H2,1-2H3,(H,37,38). The summed E-state index contributed by atoms with van der Waals surface area (Å²) in [6.45, 7) is 4.37. The Bertz CT molecular complexity index is 1880. The molecule has 9 heteroatoms. The van der Waals surface area contributed by atoms with E-state index in [2.05, 4.69) is 0 Å². The summed E-state index contributed by atoms with van der Waals surface area (Å²) >= 11 is 0. The lowest BCUT2D eigenvalue weighted by molar-refractivity contribution is 0.0663. The number of carboxylic acids is 1. The van der Waals surface area contributed by atoms with Crippen LogP contribution in [0.2, 0.25) is 0 Å². The summed E-state index contributed by atoms with van der Waals surface area (Å²) < 4.78 is 23.3. The van der Waals surface area contributed by atoms with Gasteiger partial charge in [-0.25, -0.2) is 4.79 Å². The van der Waals surface area contributed by atoms with Gasteiger partial charge in [0, 0.05) is 23.8 Å². The molecule has 0 unspecified atom stereocenters. The predicted octanol–water partition coefficient (Wildman–Crippen LogP) is 6.47. The van der Waals surface area contributed by atoms with E-state index in [1.165, 1.54) is 6.07 Å². The quantitative estimate of drug-likeness (QED) is 0.171. The molecule has 5 rings (SSSR count). The highest BCUT2D eigenvalue weighted by Gasteiger charge is 2.18. The number of hydrogen-bond donors (Lipinski definition) is 2. The Balaban J connectivity index is 1.24. The molecule has 2 N–H and O–H groups in total. The van der Waals surface area contributed by atoms with Gasteiger partial charge in [0.05, 0.1) is 24.2 Å². The van der Waals surface area contributed by atoms with Crippen LogP contribution in [-0.4, -0.2) is 29.4 Å². The molecule has 0 saturated heterocycles. The van der Waals surface area contributed by atoms with Crippen molar-refractivity contribution in [3.63, 3.8) is 0 Å². The molecule has 0 bridgehead atoms. The van der Waals surface area contributed by atoms with Crippen LogP contribution < -0.4 is 20.3 Å². The third-order valence-corrected chi connectivity index (χ3v) is 6.92. The molecular weight excluding hydrogens is 540 g/mol. The van der Waals surface area contributed by atoms with Gasteiger partial charge in [-0.2, -0.15) is 0 Å². The van der Waals surface area contributed by atoms with E-state index in [0.29, 0.717) is 71.8 Å². The molecular formula is C33H30O9. The molecule has 3 aromatic carbocycles. The molecule has 9 nitrogen and oxygen atoms in total. The Hall–Kier alpha value is -5.05. The van der Waals surface area contributed by atoms with E-state index in [4.69, 9.17) is 18.3 Å². The molecule has 2 heterocycles. The fourth-order valence-electron chi connectivity index (χ4n) is 4.97. The minimum Gasteiger partial charge on any atom is -0.507 e. The highest BCUT2D eigenvalue weighted by molar-refractivity contribution is 5.90. The van der Waals surface area contributed by atoms with Crippen molar-refractivity contribution in [1.29, 1.82) is 0 Å². The predicted molar refractivity (Wildman–Crippen MR) is 158 cm³/mol. The monoisotopic (exact) mass is 570 g/mol. The van der Waals surface area contributed by atoms with Gasteiger partial charge in [0.15, 0.2) is 5.43 Å². The average Bonchev–Trinajstić information content (AvgIpc) is 2.96. The summed E-state index contributed by atoms with van der Waals surface area (Å²) in [5, 5.41) is 20.4. The minimum absolute atomic E-state index is 0.102. The van der Waals surface area contributed by atoms with E-state index < -0.39 is 17.2 Å². The van der Waals surface area contributed by atoms with E-state index >= 15 is 0 Å². The zero-order valence-corrected chi connectivity index (χ0v) is 23.3. The van der Waals surface area contributed by atoms with E-state index in [9.17, 15) is 24.6 Å². The van der Waals surface area contributed by atoms with Crippen LogP contribution in [0.15, 0.2) is 79.1 Å². The second-order valence-electron chi connectivity index (χ2n) is 9.90. The van der Waals surface area contributed by atoms with E-state index in [0.717, 1.165) is 12.5 Å². The van der Waals surface area contributed by atoms with Crippen molar-refractivity contribution in [3.05, 3.63) is 98.2 Å². The maximum Gasteiger partial charge on any atom is 0.371 e. The van der Waals surface area contributed by atoms with Crippen molar-refractivity contribution in [2.45, 2.75) is 39.5 Å². The molecule has 0 aliphatic carbocycles. The summed E-state index contributed by atoms with van der Waals surface area (Å²) in [4.78, 5) is 37.0. The number of phenolic OH excluding ortho intramolecular Hbond substituents is 1. The van der Waals surface area contributed by atoms with E-state index in [1.807, 2.05) is 37.3 Å². The molecule has 0 aliphatic heterocycles. The smallest absolute Gasteiger partial charge is 0.371 e. The fraction of sp³-hybridized carbons (Fsp3) is 0.242. The van der Waals surface area contributed by atoms with Gasteiger partial charge in [-0.15, -0.1) is 0 Å². The number of hydrogen-bond acceptors (Lipinski definition) is 8. The Morgan fingerprint density at radius 3 is 2.38 bits per heavy atom. The largest absolute Gasteiger partial charge is 0.507 e. The molecule has 0 saturated carbocycles. The lowest BCUT2D eigenvalue weighted by Crippen LogP contribution is -2.09. The lowest BCUT2D eigenvalue weighted by atomic mass is 10.0. The number of phenols is 1. The van der Waals surface area contributed by atoms with Gasteiger partial charge >= 0.3 is 5.97 Å². The van der Waals surface area contributed by atoms with Gasteiger partial charge in [-0.05, 0) is 43.9 Å². The lowest BCUT2D eigenvalue weighted by Gasteiger charge is -2.14. The van der Waals surface area contributed by atoms with Gasteiger partial charge in [0.25, 0.3) is 0 Å².